The van der Waals surface area contributed by atoms with Gasteiger partial charge in [0.25, 0.3) is 0 Å². The smallest absolute Gasteiger partial charge is 0.0643 e. The number of aryl methyl sites for hydroxylation is 2. The Hall–Kier alpha value is -1.55. The molecule has 0 radical (unpaired) electrons. The lowest BCUT2D eigenvalue weighted by Crippen LogP contribution is -2.18. The van der Waals surface area contributed by atoms with E-state index in [-0.39, 0.29) is 6.04 Å². The highest BCUT2D eigenvalue weighted by Gasteiger charge is 2.20. The molecule has 0 spiro atoms. The molecule has 1 atom stereocenters. The molecule has 18 heavy (non-hydrogen) atoms. The van der Waals surface area contributed by atoms with Crippen molar-refractivity contribution in [3.05, 3.63) is 41.0 Å². The highest BCUT2D eigenvalue weighted by molar-refractivity contribution is 5.29. The third-order valence-electron chi connectivity index (χ3n) is 3.90. The second kappa shape index (κ2) is 4.28. The Labute approximate surface area is 107 Å². The summed E-state index contributed by atoms with van der Waals surface area (Å²) in [6, 6.07) is 2.41. The van der Waals surface area contributed by atoms with Crippen LogP contribution in [0, 0.1) is 6.92 Å². The van der Waals surface area contributed by atoms with Crippen molar-refractivity contribution in [1.82, 2.24) is 14.3 Å². The number of hydrogen-bond acceptors (Lipinski definition) is 2. The molecule has 2 heterocycles. The van der Waals surface area contributed by atoms with Gasteiger partial charge in [-0.1, -0.05) is 0 Å². The number of nitrogens with zero attached hydrogens (tertiary/aromatic N) is 3. The van der Waals surface area contributed by atoms with Crippen molar-refractivity contribution in [3.8, 4) is 0 Å². The van der Waals surface area contributed by atoms with Gasteiger partial charge in [-0.25, -0.2) is 0 Å². The van der Waals surface area contributed by atoms with Gasteiger partial charge in [-0.05, 0) is 37.8 Å². The number of rotatable bonds is 2. The van der Waals surface area contributed by atoms with Crippen LogP contribution >= 0.6 is 0 Å². The van der Waals surface area contributed by atoms with E-state index in [0.29, 0.717) is 0 Å². The van der Waals surface area contributed by atoms with Gasteiger partial charge in [0.15, 0.2) is 0 Å². The molecule has 4 heteroatoms. The Bertz CT molecular complexity index is 564. The van der Waals surface area contributed by atoms with Gasteiger partial charge in [-0.3, -0.25) is 4.68 Å². The highest BCUT2D eigenvalue weighted by Crippen LogP contribution is 2.29. The van der Waals surface area contributed by atoms with Crippen LogP contribution in [0.4, 0.5) is 0 Å². The second-order valence-corrected chi connectivity index (χ2v) is 5.26. The van der Waals surface area contributed by atoms with Gasteiger partial charge >= 0.3 is 0 Å². The van der Waals surface area contributed by atoms with Crippen molar-refractivity contribution in [1.29, 1.82) is 0 Å². The van der Waals surface area contributed by atoms with Crippen LogP contribution in [-0.4, -0.2) is 14.3 Å². The lowest BCUT2D eigenvalue weighted by Gasteiger charge is -2.20. The summed E-state index contributed by atoms with van der Waals surface area (Å²) in [6.45, 7) is 2.97. The van der Waals surface area contributed by atoms with E-state index in [1.165, 1.54) is 23.2 Å². The molecule has 1 aliphatic carbocycles. The minimum absolute atomic E-state index is 0.227. The maximum Gasteiger partial charge on any atom is 0.0643 e. The summed E-state index contributed by atoms with van der Waals surface area (Å²) in [7, 11) is 1.97. The summed E-state index contributed by atoms with van der Waals surface area (Å²) >= 11 is 0. The van der Waals surface area contributed by atoms with Crippen LogP contribution in [0.3, 0.4) is 0 Å². The lowest BCUT2D eigenvalue weighted by molar-refractivity contribution is 0.547. The Balaban J connectivity index is 1.92. The van der Waals surface area contributed by atoms with Gasteiger partial charge < -0.3 is 10.3 Å². The number of aromatic nitrogens is 3. The molecule has 2 aromatic rings. The van der Waals surface area contributed by atoms with E-state index < -0.39 is 0 Å². The molecule has 0 aromatic carbocycles. The zero-order valence-corrected chi connectivity index (χ0v) is 11.1. The van der Waals surface area contributed by atoms with Crippen molar-refractivity contribution in [2.45, 2.75) is 38.8 Å². The molecule has 4 nitrogen and oxygen atoms in total. The molecule has 3 rings (SSSR count). The SMILES string of the molecule is Cc1nn(C)cc1Cn1ccc2c1CCCC2N. The van der Waals surface area contributed by atoms with Gasteiger partial charge in [0, 0.05) is 36.7 Å². The summed E-state index contributed by atoms with van der Waals surface area (Å²) in [4.78, 5) is 0. The fourth-order valence-electron chi connectivity index (χ4n) is 2.93. The van der Waals surface area contributed by atoms with Crippen molar-refractivity contribution >= 4 is 0 Å². The summed E-state index contributed by atoms with van der Waals surface area (Å²) in [5.41, 5.74) is 11.3. The quantitative estimate of drug-likeness (QED) is 0.877. The summed E-state index contributed by atoms with van der Waals surface area (Å²) in [5.74, 6) is 0. The van der Waals surface area contributed by atoms with Crippen molar-refractivity contribution in [3.63, 3.8) is 0 Å². The van der Waals surface area contributed by atoms with Crippen LogP contribution in [0.5, 0.6) is 0 Å². The first kappa shape index (κ1) is 11.5. The molecule has 2 N–H and O–H groups in total. The summed E-state index contributed by atoms with van der Waals surface area (Å²) in [6.07, 6.45) is 7.73. The third kappa shape index (κ3) is 1.86. The van der Waals surface area contributed by atoms with E-state index in [2.05, 4.69) is 35.0 Å². The van der Waals surface area contributed by atoms with E-state index in [0.717, 1.165) is 25.1 Å². The van der Waals surface area contributed by atoms with Gasteiger partial charge in [0.1, 0.15) is 0 Å². The number of fused-ring (bicyclic) bond motifs is 1. The molecule has 0 saturated heterocycles. The molecular formula is C14H20N4. The Morgan fingerprint density at radius 2 is 2.33 bits per heavy atom. The molecule has 0 saturated carbocycles. The largest absolute Gasteiger partial charge is 0.347 e. The van der Waals surface area contributed by atoms with E-state index in [4.69, 9.17) is 5.73 Å². The first-order valence-electron chi connectivity index (χ1n) is 6.58. The zero-order chi connectivity index (χ0) is 12.7. The number of hydrogen-bond donors (Lipinski definition) is 1. The normalized spacial score (nSPS) is 18.9. The average molecular weight is 244 g/mol. The fraction of sp³-hybridized carbons (Fsp3) is 0.500. The van der Waals surface area contributed by atoms with Crippen molar-refractivity contribution in [2.75, 3.05) is 0 Å². The average Bonchev–Trinajstić information content (AvgIpc) is 2.86. The molecule has 0 amide bonds. The summed E-state index contributed by atoms with van der Waals surface area (Å²) < 4.78 is 4.21. The van der Waals surface area contributed by atoms with Crippen molar-refractivity contribution in [2.24, 2.45) is 12.8 Å². The number of nitrogens with two attached hydrogens (primary N) is 1. The predicted molar refractivity (Wildman–Crippen MR) is 71.3 cm³/mol. The van der Waals surface area contributed by atoms with Crippen LogP contribution in [0.15, 0.2) is 18.5 Å². The van der Waals surface area contributed by atoms with E-state index >= 15 is 0 Å². The van der Waals surface area contributed by atoms with Crippen molar-refractivity contribution < 1.29 is 0 Å². The predicted octanol–water partition coefficient (Wildman–Crippen LogP) is 1.91. The molecule has 2 aromatic heterocycles. The van der Waals surface area contributed by atoms with E-state index in [9.17, 15) is 0 Å². The molecule has 0 bridgehead atoms. The first-order valence-corrected chi connectivity index (χ1v) is 6.58. The minimum Gasteiger partial charge on any atom is -0.347 e. The Kier molecular flexibility index (Phi) is 2.74. The van der Waals surface area contributed by atoms with Gasteiger partial charge in [-0.15, -0.1) is 0 Å². The lowest BCUT2D eigenvalue weighted by atomic mass is 9.93. The molecular weight excluding hydrogens is 224 g/mol. The topological polar surface area (TPSA) is 48.8 Å². The van der Waals surface area contributed by atoms with Crippen LogP contribution in [0.1, 0.15) is 41.4 Å². The molecule has 96 valence electrons. The standard InChI is InChI=1S/C14H20N4/c1-10-11(8-17(2)16-10)9-18-7-6-12-13(15)4-3-5-14(12)18/h6-8,13H,3-5,9,15H2,1-2H3. The first-order chi connectivity index (χ1) is 8.65. The van der Waals surface area contributed by atoms with E-state index in [1.54, 1.807) is 0 Å². The molecule has 0 fully saturated rings. The minimum atomic E-state index is 0.227. The maximum atomic E-state index is 6.16. The van der Waals surface area contributed by atoms with Gasteiger partial charge in [0.2, 0.25) is 0 Å². The fourth-order valence-corrected chi connectivity index (χ4v) is 2.93. The van der Waals surface area contributed by atoms with Crippen LogP contribution in [0.25, 0.3) is 0 Å². The van der Waals surface area contributed by atoms with Gasteiger partial charge in [0.05, 0.1) is 12.2 Å². The Morgan fingerprint density at radius 3 is 3.06 bits per heavy atom. The monoisotopic (exact) mass is 244 g/mol. The van der Waals surface area contributed by atoms with Crippen LogP contribution < -0.4 is 5.73 Å². The molecule has 1 aliphatic rings. The second-order valence-electron chi connectivity index (χ2n) is 5.26. The third-order valence-corrected chi connectivity index (χ3v) is 3.90. The summed E-state index contributed by atoms with van der Waals surface area (Å²) in [5, 5.41) is 4.40. The van der Waals surface area contributed by atoms with Crippen LogP contribution in [-0.2, 0) is 20.0 Å². The van der Waals surface area contributed by atoms with Crippen LogP contribution in [0.2, 0.25) is 0 Å². The highest BCUT2D eigenvalue weighted by atomic mass is 15.3. The van der Waals surface area contributed by atoms with Gasteiger partial charge in [-0.2, -0.15) is 5.10 Å². The Morgan fingerprint density at radius 1 is 1.50 bits per heavy atom. The molecule has 0 aliphatic heterocycles. The maximum absolute atomic E-state index is 6.16. The zero-order valence-electron chi connectivity index (χ0n) is 11.1. The van der Waals surface area contributed by atoms with E-state index in [1.807, 2.05) is 11.7 Å². The molecule has 1 unspecified atom stereocenters.